The summed E-state index contributed by atoms with van der Waals surface area (Å²) in [6.07, 6.45) is 0.774. The first kappa shape index (κ1) is 15.7. The third-order valence-electron chi connectivity index (χ3n) is 3.99. The van der Waals surface area contributed by atoms with Gasteiger partial charge in [-0.25, -0.2) is 4.79 Å². The number of fused-ring (bicyclic) bond motifs is 1. The minimum atomic E-state index is -0.632. The molecule has 1 N–H and O–H groups in total. The van der Waals surface area contributed by atoms with Crippen molar-refractivity contribution >= 4 is 17.0 Å². The Labute approximate surface area is 135 Å². The predicted octanol–water partition coefficient (Wildman–Crippen LogP) is 3.14. The number of nitrogens with zero attached hydrogens (tertiary/aromatic N) is 2. The van der Waals surface area contributed by atoms with Crippen LogP contribution in [0.3, 0.4) is 0 Å². The molecule has 1 amide bonds. The van der Waals surface area contributed by atoms with E-state index in [9.17, 15) is 9.90 Å². The summed E-state index contributed by atoms with van der Waals surface area (Å²) >= 11 is 0. The minimum absolute atomic E-state index is 0.00937. The lowest BCUT2D eigenvalue weighted by Gasteiger charge is -2.42. The first-order valence-corrected chi connectivity index (χ1v) is 7.85. The Morgan fingerprint density at radius 2 is 2.00 bits per heavy atom. The van der Waals surface area contributed by atoms with Gasteiger partial charge in [0.2, 0.25) is 0 Å². The van der Waals surface area contributed by atoms with E-state index in [4.69, 9.17) is 4.74 Å². The molecule has 1 aromatic heterocycles. The second kappa shape index (κ2) is 5.81. The molecule has 0 saturated carbocycles. The predicted molar refractivity (Wildman–Crippen MR) is 88.0 cm³/mol. The van der Waals surface area contributed by atoms with Crippen molar-refractivity contribution in [2.75, 3.05) is 13.1 Å². The maximum Gasteiger partial charge on any atom is 0.410 e. The molecule has 5 heteroatoms. The van der Waals surface area contributed by atoms with E-state index >= 15 is 0 Å². The van der Waals surface area contributed by atoms with E-state index in [1.165, 1.54) is 0 Å². The second-order valence-electron chi connectivity index (χ2n) is 7.01. The van der Waals surface area contributed by atoms with Gasteiger partial charge in [0.15, 0.2) is 0 Å². The average molecular weight is 314 g/mol. The van der Waals surface area contributed by atoms with Gasteiger partial charge in [0, 0.05) is 36.2 Å². The van der Waals surface area contributed by atoms with Crippen LogP contribution in [0.25, 0.3) is 10.9 Å². The highest BCUT2D eigenvalue weighted by atomic mass is 16.6. The van der Waals surface area contributed by atoms with Gasteiger partial charge in [-0.2, -0.15) is 0 Å². The maximum atomic E-state index is 12.0. The number of likely N-dealkylation sites (tertiary alicyclic amines) is 1. The molecule has 0 spiro atoms. The van der Waals surface area contributed by atoms with Crippen molar-refractivity contribution in [3.8, 4) is 0 Å². The number of benzene rings is 1. The van der Waals surface area contributed by atoms with Crippen molar-refractivity contribution < 1.29 is 14.6 Å². The van der Waals surface area contributed by atoms with Gasteiger partial charge in [0.1, 0.15) is 5.60 Å². The van der Waals surface area contributed by atoms with Crippen LogP contribution in [0.1, 0.15) is 32.4 Å². The number of ether oxygens (including phenoxy) is 1. The summed E-state index contributed by atoms with van der Waals surface area (Å²) in [6.45, 7) is 6.54. The summed E-state index contributed by atoms with van der Waals surface area (Å²) in [5, 5.41) is 11.7. The van der Waals surface area contributed by atoms with Gasteiger partial charge >= 0.3 is 6.09 Å². The Balaban J connectivity index is 1.69. The van der Waals surface area contributed by atoms with Gasteiger partial charge in [-0.05, 0) is 26.8 Å². The highest BCUT2D eigenvalue weighted by Gasteiger charge is 2.38. The Kier molecular flexibility index (Phi) is 3.98. The van der Waals surface area contributed by atoms with Crippen LogP contribution in [0.5, 0.6) is 0 Å². The third-order valence-corrected chi connectivity index (χ3v) is 3.99. The number of carbonyl (C=O) groups is 1. The van der Waals surface area contributed by atoms with E-state index in [0.29, 0.717) is 13.1 Å². The number of carbonyl (C=O) groups excluding carboxylic acids is 1. The quantitative estimate of drug-likeness (QED) is 0.925. The molecule has 1 aliphatic rings. The van der Waals surface area contributed by atoms with Crippen LogP contribution in [0.4, 0.5) is 4.79 Å². The molecular weight excluding hydrogens is 292 g/mol. The number of aliphatic hydroxyl groups excluding tert-OH is 1. The summed E-state index contributed by atoms with van der Waals surface area (Å²) in [5.41, 5.74) is 1.13. The first-order chi connectivity index (χ1) is 10.8. The molecule has 1 atom stereocenters. The normalized spacial score (nSPS) is 17.0. The molecule has 5 nitrogen and oxygen atoms in total. The lowest BCUT2D eigenvalue weighted by molar-refractivity contribution is -0.0311. The summed E-state index contributed by atoms with van der Waals surface area (Å²) in [7, 11) is 0. The minimum Gasteiger partial charge on any atom is -0.444 e. The molecule has 0 radical (unpaired) electrons. The van der Waals surface area contributed by atoms with Crippen molar-refractivity contribution in [2.45, 2.75) is 32.5 Å². The molecule has 0 bridgehead atoms. The molecule has 0 aliphatic carbocycles. The zero-order valence-corrected chi connectivity index (χ0v) is 13.7. The van der Waals surface area contributed by atoms with Crippen LogP contribution in [-0.4, -0.2) is 39.8 Å². The van der Waals surface area contributed by atoms with Crippen LogP contribution in [0, 0.1) is 5.92 Å². The molecule has 122 valence electrons. The molecule has 1 saturated heterocycles. The van der Waals surface area contributed by atoms with Crippen LogP contribution >= 0.6 is 0 Å². The van der Waals surface area contributed by atoms with E-state index in [1.807, 2.05) is 51.1 Å². The van der Waals surface area contributed by atoms with Gasteiger partial charge in [-0.15, -0.1) is 0 Å². The zero-order chi connectivity index (χ0) is 16.6. The molecule has 1 aliphatic heterocycles. The van der Waals surface area contributed by atoms with Gasteiger partial charge in [0.25, 0.3) is 0 Å². The number of rotatable bonds is 2. The van der Waals surface area contributed by atoms with Crippen LogP contribution in [0.15, 0.2) is 36.5 Å². The highest BCUT2D eigenvalue weighted by Crippen LogP contribution is 2.33. The number of pyridine rings is 1. The van der Waals surface area contributed by atoms with Crippen LogP contribution in [-0.2, 0) is 4.74 Å². The summed E-state index contributed by atoms with van der Waals surface area (Å²) in [5.74, 6) is 0.00937. The number of aliphatic hydroxyl groups is 1. The molecule has 3 rings (SSSR count). The third kappa shape index (κ3) is 3.29. The van der Waals surface area contributed by atoms with Crippen LogP contribution in [0.2, 0.25) is 0 Å². The Morgan fingerprint density at radius 1 is 1.30 bits per heavy atom. The fraction of sp³-hybridized carbons (Fsp3) is 0.444. The van der Waals surface area contributed by atoms with E-state index in [0.717, 1.165) is 16.5 Å². The standard InChI is InChI=1S/C18H22N2O3/c1-18(2,3)23-17(22)20-10-13(11-20)16(21)14-8-4-6-12-7-5-9-19-15(12)14/h4-9,13,16,21H,10-11H2,1-3H3. The largest absolute Gasteiger partial charge is 0.444 e. The topological polar surface area (TPSA) is 62.7 Å². The molecule has 1 unspecified atom stereocenters. The van der Waals surface area contributed by atoms with Gasteiger partial charge in [-0.1, -0.05) is 24.3 Å². The smallest absolute Gasteiger partial charge is 0.410 e. The van der Waals surface area contributed by atoms with Gasteiger partial charge in [-0.3, -0.25) is 4.98 Å². The lowest BCUT2D eigenvalue weighted by Crippen LogP contribution is -2.53. The lowest BCUT2D eigenvalue weighted by atomic mass is 9.88. The van der Waals surface area contributed by atoms with Gasteiger partial charge < -0.3 is 14.7 Å². The fourth-order valence-electron chi connectivity index (χ4n) is 2.81. The summed E-state index contributed by atoms with van der Waals surface area (Å²) < 4.78 is 5.34. The monoisotopic (exact) mass is 314 g/mol. The average Bonchev–Trinajstić information content (AvgIpc) is 2.43. The first-order valence-electron chi connectivity index (χ1n) is 7.85. The molecule has 1 fully saturated rings. The molecule has 1 aromatic carbocycles. The number of aromatic nitrogens is 1. The number of amides is 1. The van der Waals surface area contributed by atoms with E-state index in [1.54, 1.807) is 11.1 Å². The molecule has 23 heavy (non-hydrogen) atoms. The summed E-state index contributed by atoms with van der Waals surface area (Å²) in [6, 6.07) is 9.66. The molecule has 2 aromatic rings. The van der Waals surface area contributed by atoms with Crippen molar-refractivity contribution in [3.63, 3.8) is 0 Å². The molecule has 2 heterocycles. The van der Waals surface area contributed by atoms with Crippen molar-refractivity contribution in [1.82, 2.24) is 9.88 Å². The Bertz CT molecular complexity index is 712. The Hall–Kier alpha value is -2.14. The maximum absolute atomic E-state index is 12.0. The van der Waals surface area contributed by atoms with Crippen molar-refractivity contribution in [2.24, 2.45) is 5.92 Å². The summed E-state index contributed by atoms with van der Waals surface area (Å²) in [4.78, 5) is 18.0. The Morgan fingerprint density at radius 3 is 2.70 bits per heavy atom. The van der Waals surface area contributed by atoms with E-state index in [-0.39, 0.29) is 12.0 Å². The fourth-order valence-corrected chi connectivity index (χ4v) is 2.81. The van der Waals surface area contributed by atoms with Gasteiger partial charge in [0.05, 0.1) is 11.6 Å². The number of hydrogen-bond donors (Lipinski definition) is 1. The van der Waals surface area contributed by atoms with Crippen molar-refractivity contribution in [1.29, 1.82) is 0 Å². The van der Waals surface area contributed by atoms with Crippen LogP contribution < -0.4 is 0 Å². The van der Waals surface area contributed by atoms with E-state index in [2.05, 4.69) is 4.98 Å². The number of para-hydroxylation sites is 1. The second-order valence-corrected chi connectivity index (χ2v) is 7.01. The zero-order valence-electron chi connectivity index (χ0n) is 13.7. The van der Waals surface area contributed by atoms with Crippen molar-refractivity contribution in [3.05, 3.63) is 42.1 Å². The van der Waals surface area contributed by atoms with E-state index < -0.39 is 11.7 Å². The molecular formula is C18H22N2O3. The highest BCUT2D eigenvalue weighted by molar-refractivity contribution is 5.82. The SMILES string of the molecule is CC(C)(C)OC(=O)N1CC(C(O)c2cccc3cccnc23)C1. The number of hydrogen-bond acceptors (Lipinski definition) is 4.